The summed E-state index contributed by atoms with van der Waals surface area (Å²) >= 11 is 0. The van der Waals surface area contributed by atoms with Gasteiger partial charge >= 0.3 is 11.9 Å². The predicted octanol–water partition coefficient (Wildman–Crippen LogP) is 2.15. The number of carboxylic acids is 1. The zero-order valence-corrected chi connectivity index (χ0v) is 11.6. The van der Waals surface area contributed by atoms with E-state index in [4.69, 9.17) is 15.6 Å². The van der Waals surface area contributed by atoms with Crippen LogP contribution in [0.5, 0.6) is 0 Å². The fourth-order valence-corrected chi connectivity index (χ4v) is 1.47. The van der Waals surface area contributed by atoms with Crippen molar-refractivity contribution >= 4 is 17.6 Å². The van der Waals surface area contributed by atoms with Crippen molar-refractivity contribution in [3.63, 3.8) is 0 Å². The molecule has 0 fully saturated rings. The molecule has 0 aliphatic heterocycles. The summed E-state index contributed by atoms with van der Waals surface area (Å²) in [6, 6.07) is 3.36. The molecule has 0 aliphatic rings. The molecular formula is C14H19NO4. The third-order valence-electron chi connectivity index (χ3n) is 2.98. The molecule has 0 heterocycles. The number of hydrogen-bond acceptors (Lipinski definition) is 4. The number of nitrogens with two attached hydrogens (primary N) is 1. The van der Waals surface area contributed by atoms with E-state index in [2.05, 4.69) is 0 Å². The van der Waals surface area contributed by atoms with Gasteiger partial charge in [0.2, 0.25) is 0 Å². The van der Waals surface area contributed by atoms with Crippen LogP contribution in [0.4, 0.5) is 5.69 Å². The van der Waals surface area contributed by atoms with E-state index in [1.54, 1.807) is 19.1 Å². The van der Waals surface area contributed by atoms with Crippen LogP contribution in [0.3, 0.4) is 0 Å². The van der Waals surface area contributed by atoms with Gasteiger partial charge in [-0.25, -0.2) is 4.79 Å². The molecule has 5 nitrogen and oxygen atoms in total. The van der Waals surface area contributed by atoms with Crippen molar-refractivity contribution in [1.82, 2.24) is 0 Å². The third-order valence-corrected chi connectivity index (χ3v) is 2.98. The third kappa shape index (κ3) is 3.47. The van der Waals surface area contributed by atoms with Crippen molar-refractivity contribution in [3.8, 4) is 0 Å². The van der Waals surface area contributed by atoms with Crippen molar-refractivity contribution in [2.45, 2.75) is 27.7 Å². The highest BCUT2D eigenvalue weighted by Gasteiger charge is 2.29. The summed E-state index contributed by atoms with van der Waals surface area (Å²) in [7, 11) is 0. The minimum Gasteiger partial charge on any atom is -0.481 e. The van der Waals surface area contributed by atoms with Crippen molar-refractivity contribution < 1.29 is 19.4 Å². The number of esters is 1. The second-order valence-corrected chi connectivity index (χ2v) is 5.29. The number of carboxylic acid groups (broad SMARTS) is 1. The van der Waals surface area contributed by atoms with Gasteiger partial charge in [0.15, 0.2) is 0 Å². The minimum atomic E-state index is -1.11. The number of anilines is 1. The molecule has 0 atom stereocenters. The Hall–Kier alpha value is -2.04. The van der Waals surface area contributed by atoms with Crippen LogP contribution in [0.1, 0.15) is 35.3 Å². The number of rotatable bonds is 4. The first kappa shape index (κ1) is 15.0. The van der Waals surface area contributed by atoms with E-state index in [1.165, 1.54) is 13.8 Å². The Bertz CT molecular complexity index is 520. The van der Waals surface area contributed by atoms with Gasteiger partial charge in [-0.05, 0) is 44.9 Å². The molecule has 0 spiro atoms. The zero-order chi connectivity index (χ0) is 14.8. The van der Waals surface area contributed by atoms with Gasteiger partial charge in [0.25, 0.3) is 0 Å². The van der Waals surface area contributed by atoms with Gasteiger partial charge in [-0.3, -0.25) is 4.79 Å². The molecule has 0 saturated carbocycles. The molecule has 0 aliphatic carbocycles. The monoisotopic (exact) mass is 265 g/mol. The summed E-state index contributed by atoms with van der Waals surface area (Å²) < 4.78 is 5.05. The summed E-state index contributed by atoms with van der Waals surface area (Å²) in [6.07, 6.45) is 0. The molecule has 5 heteroatoms. The largest absolute Gasteiger partial charge is 0.481 e. The van der Waals surface area contributed by atoms with E-state index >= 15 is 0 Å². The zero-order valence-electron chi connectivity index (χ0n) is 11.6. The highest BCUT2D eigenvalue weighted by Crippen LogP contribution is 2.21. The molecule has 1 aromatic rings. The van der Waals surface area contributed by atoms with Gasteiger partial charge in [-0.2, -0.15) is 0 Å². The van der Waals surface area contributed by atoms with Crippen LogP contribution in [0.2, 0.25) is 0 Å². The van der Waals surface area contributed by atoms with Gasteiger partial charge in [-0.15, -0.1) is 0 Å². The molecule has 0 bridgehead atoms. The second kappa shape index (κ2) is 5.30. The molecule has 104 valence electrons. The van der Waals surface area contributed by atoms with Crippen LogP contribution in [0.15, 0.2) is 12.1 Å². The maximum absolute atomic E-state index is 11.9. The van der Waals surface area contributed by atoms with Gasteiger partial charge in [0, 0.05) is 5.69 Å². The SMILES string of the molecule is Cc1cc(C)c(C(=O)OCC(C)(C)C(=O)O)cc1N. The molecule has 0 aromatic heterocycles. The highest BCUT2D eigenvalue weighted by molar-refractivity contribution is 5.92. The van der Waals surface area contributed by atoms with Crippen molar-refractivity contribution in [2.75, 3.05) is 12.3 Å². The molecule has 1 rings (SSSR count). The Labute approximate surface area is 112 Å². The van der Waals surface area contributed by atoms with Crippen LogP contribution >= 0.6 is 0 Å². The lowest BCUT2D eigenvalue weighted by molar-refractivity contribution is -0.149. The first-order valence-corrected chi connectivity index (χ1v) is 5.92. The number of nitrogen functional groups attached to an aromatic ring is 1. The van der Waals surface area contributed by atoms with Gasteiger partial charge in [0.05, 0.1) is 11.0 Å². The lowest BCUT2D eigenvalue weighted by Crippen LogP contribution is -2.30. The van der Waals surface area contributed by atoms with E-state index in [0.29, 0.717) is 11.3 Å². The summed E-state index contributed by atoms with van der Waals surface area (Å²) in [5, 5.41) is 8.95. The Morgan fingerprint density at radius 3 is 2.37 bits per heavy atom. The number of aryl methyl sites for hydroxylation is 2. The quantitative estimate of drug-likeness (QED) is 0.643. The molecule has 3 N–H and O–H groups in total. The van der Waals surface area contributed by atoms with Crippen LogP contribution in [-0.4, -0.2) is 23.7 Å². The van der Waals surface area contributed by atoms with Crippen LogP contribution in [-0.2, 0) is 9.53 Å². The van der Waals surface area contributed by atoms with Crippen LogP contribution in [0, 0.1) is 19.3 Å². The molecule has 0 radical (unpaired) electrons. The summed E-state index contributed by atoms with van der Waals surface area (Å²) in [5.74, 6) is -1.57. The molecule has 0 unspecified atom stereocenters. The van der Waals surface area contributed by atoms with E-state index in [9.17, 15) is 9.59 Å². The maximum atomic E-state index is 11.9. The minimum absolute atomic E-state index is 0.186. The highest BCUT2D eigenvalue weighted by atomic mass is 16.5. The number of carbonyl (C=O) groups is 2. The van der Waals surface area contributed by atoms with Crippen molar-refractivity contribution in [2.24, 2.45) is 5.41 Å². The standard InChI is InChI=1S/C14H19NO4/c1-8-5-9(2)11(15)6-10(8)12(16)19-7-14(3,4)13(17)18/h5-6H,7,15H2,1-4H3,(H,17,18). The molecule has 19 heavy (non-hydrogen) atoms. The molecule has 0 amide bonds. The summed E-state index contributed by atoms with van der Waals surface area (Å²) in [5.41, 5.74) is 7.16. The Balaban J connectivity index is 2.86. The van der Waals surface area contributed by atoms with Crippen LogP contribution in [0.25, 0.3) is 0 Å². The van der Waals surface area contributed by atoms with Crippen molar-refractivity contribution in [1.29, 1.82) is 0 Å². The number of benzene rings is 1. The van der Waals surface area contributed by atoms with E-state index in [1.807, 2.05) is 6.92 Å². The number of carbonyl (C=O) groups excluding carboxylic acids is 1. The molecule has 0 saturated heterocycles. The van der Waals surface area contributed by atoms with Crippen LogP contribution < -0.4 is 5.73 Å². The lowest BCUT2D eigenvalue weighted by atomic mass is 9.95. The first-order chi connectivity index (χ1) is 8.65. The Morgan fingerprint density at radius 2 is 1.84 bits per heavy atom. The average Bonchev–Trinajstić information content (AvgIpc) is 2.30. The molecule has 1 aromatic carbocycles. The Morgan fingerprint density at radius 1 is 1.26 bits per heavy atom. The number of aliphatic carboxylic acids is 1. The maximum Gasteiger partial charge on any atom is 0.338 e. The fraction of sp³-hybridized carbons (Fsp3) is 0.429. The average molecular weight is 265 g/mol. The molecular weight excluding hydrogens is 246 g/mol. The number of ether oxygens (including phenoxy) is 1. The second-order valence-electron chi connectivity index (χ2n) is 5.29. The summed E-state index contributed by atoms with van der Waals surface area (Å²) in [4.78, 5) is 22.9. The smallest absolute Gasteiger partial charge is 0.338 e. The predicted molar refractivity (Wildman–Crippen MR) is 72.0 cm³/mol. The van der Waals surface area contributed by atoms with E-state index in [-0.39, 0.29) is 6.61 Å². The van der Waals surface area contributed by atoms with E-state index in [0.717, 1.165) is 11.1 Å². The lowest BCUT2D eigenvalue weighted by Gasteiger charge is -2.19. The Kier molecular flexibility index (Phi) is 4.19. The van der Waals surface area contributed by atoms with Gasteiger partial charge in [0.1, 0.15) is 6.61 Å². The van der Waals surface area contributed by atoms with Crippen molar-refractivity contribution in [3.05, 3.63) is 28.8 Å². The fourth-order valence-electron chi connectivity index (χ4n) is 1.47. The normalized spacial score (nSPS) is 11.2. The first-order valence-electron chi connectivity index (χ1n) is 5.92. The van der Waals surface area contributed by atoms with E-state index < -0.39 is 17.4 Å². The summed E-state index contributed by atoms with van der Waals surface area (Å²) in [6.45, 7) is 6.45. The topological polar surface area (TPSA) is 89.6 Å². The number of hydrogen-bond donors (Lipinski definition) is 2. The van der Waals surface area contributed by atoms with Gasteiger partial charge in [-0.1, -0.05) is 6.07 Å². The van der Waals surface area contributed by atoms with Gasteiger partial charge < -0.3 is 15.6 Å².